The van der Waals surface area contributed by atoms with Crippen molar-refractivity contribution in [3.05, 3.63) is 83.0 Å². The Bertz CT molecular complexity index is 1590. The lowest BCUT2D eigenvalue weighted by Crippen LogP contribution is -2.40. The van der Waals surface area contributed by atoms with Crippen LogP contribution in [0, 0.1) is 0 Å². The summed E-state index contributed by atoms with van der Waals surface area (Å²) in [7, 11) is 3.09. The third-order valence-corrected chi connectivity index (χ3v) is 8.30. The van der Waals surface area contributed by atoms with E-state index in [1.807, 2.05) is 18.2 Å². The van der Waals surface area contributed by atoms with E-state index < -0.39 is 12.0 Å². The van der Waals surface area contributed by atoms with Gasteiger partial charge < -0.3 is 19.1 Å². The van der Waals surface area contributed by atoms with Crippen LogP contribution in [-0.2, 0) is 9.53 Å². The van der Waals surface area contributed by atoms with E-state index in [0.717, 1.165) is 24.3 Å². The minimum absolute atomic E-state index is 0.198. The molecule has 0 saturated heterocycles. The van der Waals surface area contributed by atoms with Crippen LogP contribution in [0.5, 0.6) is 11.5 Å². The Morgan fingerprint density at radius 1 is 1.10 bits per heavy atom. The SMILES string of the molecule is CCOC(=O)C1=C(C)N=c2sc(=Cc3ccc(N(CC)CC)cc3)c(=O)n2[C@H]1c1cc(OC)c(OC)cc1Br. The molecule has 0 N–H and O–H groups in total. The molecule has 39 heavy (non-hydrogen) atoms. The summed E-state index contributed by atoms with van der Waals surface area (Å²) in [6.45, 7) is 9.79. The zero-order valence-electron chi connectivity index (χ0n) is 22.9. The third kappa shape index (κ3) is 5.53. The number of hydrogen-bond acceptors (Lipinski definition) is 8. The molecule has 1 atom stereocenters. The number of methoxy groups -OCH3 is 2. The Hall–Kier alpha value is -3.37. The molecular formula is C29H32BrN3O5S. The van der Waals surface area contributed by atoms with Crippen molar-refractivity contribution in [1.29, 1.82) is 0 Å². The molecule has 0 aliphatic carbocycles. The maximum absolute atomic E-state index is 13.9. The van der Waals surface area contributed by atoms with Crippen LogP contribution < -0.4 is 29.3 Å². The summed E-state index contributed by atoms with van der Waals surface area (Å²) in [5.74, 6) is 0.475. The van der Waals surface area contributed by atoms with E-state index in [9.17, 15) is 9.59 Å². The summed E-state index contributed by atoms with van der Waals surface area (Å²) in [6.07, 6.45) is 1.86. The van der Waals surface area contributed by atoms with Gasteiger partial charge >= 0.3 is 5.97 Å². The maximum atomic E-state index is 13.9. The van der Waals surface area contributed by atoms with Crippen LogP contribution in [0.15, 0.2) is 61.9 Å². The van der Waals surface area contributed by atoms with Gasteiger partial charge in [-0.1, -0.05) is 39.4 Å². The number of carbonyl (C=O) groups excluding carboxylic acids is 1. The normalized spacial score (nSPS) is 15.1. The summed E-state index contributed by atoms with van der Waals surface area (Å²) in [6, 6.07) is 10.9. The third-order valence-electron chi connectivity index (χ3n) is 6.63. The van der Waals surface area contributed by atoms with Gasteiger partial charge in [0.25, 0.3) is 5.56 Å². The average molecular weight is 615 g/mol. The Balaban J connectivity index is 1.92. The number of benzene rings is 2. The largest absolute Gasteiger partial charge is 0.493 e. The highest BCUT2D eigenvalue weighted by atomic mass is 79.9. The number of anilines is 1. The molecule has 0 spiro atoms. The van der Waals surface area contributed by atoms with Crippen molar-refractivity contribution >= 4 is 45.0 Å². The number of ether oxygens (including phenoxy) is 3. The predicted octanol–water partition coefficient (Wildman–Crippen LogP) is 4.42. The van der Waals surface area contributed by atoms with E-state index in [1.165, 1.54) is 11.3 Å². The topological polar surface area (TPSA) is 82.4 Å². The Labute approximate surface area is 240 Å². The fourth-order valence-electron chi connectivity index (χ4n) is 4.69. The number of fused-ring (bicyclic) bond motifs is 1. The second-order valence-electron chi connectivity index (χ2n) is 8.79. The molecule has 0 amide bonds. The summed E-state index contributed by atoms with van der Waals surface area (Å²) in [4.78, 5) is 34.5. The molecule has 1 aromatic heterocycles. The summed E-state index contributed by atoms with van der Waals surface area (Å²) in [5.41, 5.74) is 3.24. The molecule has 0 radical (unpaired) electrons. The van der Waals surface area contributed by atoms with Crippen molar-refractivity contribution in [2.24, 2.45) is 4.99 Å². The monoisotopic (exact) mass is 613 g/mol. The lowest BCUT2D eigenvalue weighted by molar-refractivity contribution is -0.139. The summed E-state index contributed by atoms with van der Waals surface area (Å²) in [5, 5.41) is 0. The molecule has 0 unspecified atom stereocenters. The first-order valence-electron chi connectivity index (χ1n) is 12.7. The first kappa shape index (κ1) is 28.6. The van der Waals surface area contributed by atoms with Crippen LogP contribution in [0.25, 0.3) is 6.08 Å². The molecular weight excluding hydrogens is 582 g/mol. The van der Waals surface area contributed by atoms with Gasteiger partial charge in [0.2, 0.25) is 0 Å². The van der Waals surface area contributed by atoms with Gasteiger partial charge in [0.15, 0.2) is 16.3 Å². The highest BCUT2D eigenvalue weighted by molar-refractivity contribution is 9.10. The highest BCUT2D eigenvalue weighted by Gasteiger charge is 2.35. The van der Waals surface area contributed by atoms with Gasteiger partial charge in [-0.25, -0.2) is 9.79 Å². The molecule has 0 fully saturated rings. The van der Waals surface area contributed by atoms with Crippen molar-refractivity contribution in [2.75, 3.05) is 38.8 Å². The second kappa shape index (κ2) is 12.2. The van der Waals surface area contributed by atoms with Crippen molar-refractivity contribution in [3.63, 3.8) is 0 Å². The standard InChI is InChI=1S/C29H32BrN3O5S/c1-7-32(8-2)19-12-10-18(11-13-19)14-24-27(34)33-26(20-15-22(36-5)23(37-6)16-21(20)30)25(28(35)38-9-3)17(4)31-29(33)39-24/h10-16,26H,7-9H2,1-6H3/t26-/m0/s1. The van der Waals surface area contributed by atoms with Crippen LogP contribution in [0.2, 0.25) is 0 Å². The Morgan fingerprint density at radius 3 is 2.33 bits per heavy atom. The fourth-order valence-corrected chi connectivity index (χ4v) is 6.27. The molecule has 10 heteroatoms. The predicted molar refractivity (Wildman–Crippen MR) is 158 cm³/mol. The van der Waals surface area contributed by atoms with Gasteiger partial charge in [-0.3, -0.25) is 9.36 Å². The van der Waals surface area contributed by atoms with E-state index in [4.69, 9.17) is 14.2 Å². The molecule has 1 aliphatic rings. The van der Waals surface area contributed by atoms with Crippen molar-refractivity contribution < 1.29 is 19.0 Å². The lowest BCUT2D eigenvalue weighted by atomic mass is 9.95. The van der Waals surface area contributed by atoms with Gasteiger partial charge in [0.05, 0.1) is 42.7 Å². The zero-order chi connectivity index (χ0) is 28.3. The molecule has 3 aromatic rings. The smallest absolute Gasteiger partial charge is 0.338 e. The molecule has 4 rings (SSSR count). The highest BCUT2D eigenvalue weighted by Crippen LogP contribution is 2.40. The van der Waals surface area contributed by atoms with Crippen LogP contribution >= 0.6 is 27.3 Å². The van der Waals surface area contributed by atoms with Crippen LogP contribution in [-0.4, -0.2) is 44.5 Å². The van der Waals surface area contributed by atoms with Gasteiger partial charge in [-0.2, -0.15) is 0 Å². The van der Waals surface area contributed by atoms with Crippen molar-refractivity contribution in [1.82, 2.24) is 4.57 Å². The minimum atomic E-state index is -0.776. The quantitative estimate of drug-likeness (QED) is 0.332. The second-order valence-corrected chi connectivity index (χ2v) is 10.7. The fraction of sp³-hybridized carbons (Fsp3) is 0.345. The minimum Gasteiger partial charge on any atom is -0.493 e. The molecule has 1 aliphatic heterocycles. The number of halogens is 1. The molecule has 2 aromatic carbocycles. The molecule has 8 nitrogen and oxygen atoms in total. The zero-order valence-corrected chi connectivity index (χ0v) is 25.3. The average Bonchev–Trinajstić information content (AvgIpc) is 3.23. The first-order valence-corrected chi connectivity index (χ1v) is 14.3. The lowest BCUT2D eigenvalue weighted by Gasteiger charge is -2.26. The van der Waals surface area contributed by atoms with Gasteiger partial charge in [0, 0.05) is 23.2 Å². The van der Waals surface area contributed by atoms with Crippen LogP contribution in [0.3, 0.4) is 0 Å². The Kier molecular flexibility index (Phi) is 8.97. The number of carbonyl (C=O) groups is 1. The van der Waals surface area contributed by atoms with Gasteiger partial charge in [0.1, 0.15) is 0 Å². The summed E-state index contributed by atoms with van der Waals surface area (Å²) < 4.78 is 19.1. The molecule has 2 heterocycles. The molecule has 206 valence electrons. The first-order chi connectivity index (χ1) is 18.8. The number of aromatic nitrogens is 1. The summed E-state index contributed by atoms with van der Waals surface area (Å²) >= 11 is 4.91. The molecule has 0 bridgehead atoms. The van der Waals surface area contributed by atoms with Gasteiger partial charge in [-0.05, 0) is 69.2 Å². The number of esters is 1. The van der Waals surface area contributed by atoms with E-state index in [0.29, 0.717) is 42.1 Å². The van der Waals surface area contributed by atoms with E-state index in [-0.39, 0.29) is 12.2 Å². The number of allylic oxidation sites excluding steroid dienone is 1. The van der Waals surface area contributed by atoms with E-state index >= 15 is 0 Å². The van der Waals surface area contributed by atoms with E-state index in [1.54, 1.807) is 44.8 Å². The number of nitrogens with zero attached hydrogens (tertiary/aromatic N) is 3. The number of hydrogen-bond donors (Lipinski definition) is 0. The molecule has 0 saturated carbocycles. The Morgan fingerprint density at radius 2 is 1.74 bits per heavy atom. The number of thiazole rings is 1. The maximum Gasteiger partial charge on any atom is 0.338 e. The van der Waals surface area contributed by atoms with Crippen LogP contribution in [0.1, 0.15) is 44.9 Å². The number of rotatable bonds is 9. The van der Waals surface area contributed by atoms with E-state index in [2.05, 4.69) is 51.8 Å². The van der Waals surface area contributed by atoms with Crippen molar-refractivity contribution in [3.8, 4) is 11.5 Å². The van der Waals surface area contributed by atoms with Gasteiger partial charge in [-0.15, -0.1) is 0 Å². The van der Waals surface area contributed by atoms with Crippen molar-refractivity contribution in [2.45, 2.75) is 33.7 Å². The van der Waals surface area contributed by atoms with Crippen LogP contribution in [0.4, 0.5) is 5.69 Å².